The van der Waals surface area contributed by atoms with Crippen LogP contribution in [0.15, 0.2) is 24.3 Å². The highest BCUT2D eigenvalue weighted by atomic mass is 32.2. The monoisotopic (exact) mass is 317 g/mol. The van der Waals surface area contributed by atoms with Gasteiger partial charge in [-0.05, 0) is 38.1 Å². The van der Waals surface area contributed by atoms with Crippen LogP contribution in [0.5, 0.6) is 5.75 Å². The molecule has 1 aromatic rings. The predicted molar refractivity (Wildman–Crippen MR) is 78.3 cm³/mol. The van der Waals surface area contributed by atoms with Gasteiger partial charge in [0.2, 0.25) is 0 Å². The first-order valence-electron chi connectivity index (χ1n) is 6.26. The Morgan fingerprint density at radius 2 is 1.90 bits per heavy atom. The van der Waals surface area contributed by atoms with Crippen molar-refractivity contribution in [3.05, 3.63) is 24.3 Å². The van der Waals surface area contributed by atoms with Crippen molar-refractivity contribution in [1.82, 2.24) is 4.72 Å². The molecule has 0 aromatic heterocycles. The highest BCUT2D eigenvalue weighted by Crippen LogP contribution is 2.16. The van der Waals surface area contributed by atoms with E-state index in [0.29, 0.717) is 18.9 Å². The Morgan fingerprint density at radius 1 is 1.29 bits per heavy atom. The van der Waals surface area contributed by atoms with Gasteiger partial charge in [0, 0.05) is 6.54 Å². The first-order chi connectivity index (χ1) is 9.82. The third kappa shape index (κ3) is 6.82. The van der Waals surface area contributed by atoms with Gasteiger partial charge in [0.05, 0.1) is 11.8 Å². The molecule has 8 nitrogen and oxygen atoms in total. The third-order valence-electron chi connectivity index (χ3n) is 2.05. The summed E-state index contributed by atoms with van der Waals surface area (Å²) in [6, 6.07) is 6.16. The number of nitrogens with one attached hydrogen (secondary N) is 2. The maximum atomic E-state index is 11.7. The summed E-state index contributed by atoms with van der Waals surface area (Å²) in [6.07, 6.45) is -1.46. The fraction of sp³-hybridized carbons (Fsp3) is 0.417. The Bertz CT molecular complexity index is 557. The molecule has 0 spiro atoms. The SMILES string of the molecule is CC(C)OC(=O)NS(=O)(=O)Nc1ccc(OCCN)cc1. The molecule has 1 aromatic carbocycles. The molecule has 0 fully saturated rings. The molecular formula is C12H19N3O5S. The van der Waals surface area contributed by atoms with Crippen LogP contribution in [0.1, 0.15) is 13.8 Å². The summed E-state index contributed by atoms with van der Waals surface area (Å²) in [7, 11) is -4.04. The number of amides is 1. The fourth-order valence-corrected chi connectivity index (χ4v) is 2.09. The Labute approximate surface area is 123 Å². The second kappa shape index (κ2) is 7.70. The minimum absolute atomic E-state index is 0.278. The van der Waals surface area contributed by atoms with Crippen molar-refractivity contribution >= 4 is 22.0 Å². The molecule has 0 heterocycles. The number of carbonyl (C=O) groups is 1. The van der Waals surface area contributed by atoms with Crippen molar-refractivity contribution in [2.45, 2.75) is 20.0 Å². The molecule has 0 saturated heterocycles. The van der Waals surface area contributed by atoms with Crippen molar-refractivity contribution in [3.8, 4) is 5.75 Å². The van der Waals surface area contributed by atoms with Crippen LogP contribution in [0.4, 0.5) is 10.5 Å². The molecule has 21 heavy (non-hydrogen) atoms. The summed E-state index contributed by atoms with van der Waals surface area (Å²) in [4.78, 5) is 11.2. The lowest BCUT2D eigenvalue weighted by atomic mass is 10.3. The Kier molecular flexibility index (Phi) is 6.25. The number of hydrogen-bond donors (Lipinski definition) is 3. The smallest absolute Gasteiger partial charge is 0.422 e. The number of nitrogens with two attached hydrogens (primary N) is 1. The van der Waals surface area contributed by atoms with Crippen LogP contribution in [0.2, 0.25) is 0 Å². The predicted octanol–water partition coefficient (Wildman–Crippen LogP) is 0.815. The third-order valence-corrected chi connectivity index (χ3v) is 2.99. The second-order valence-corrected chi connectivity index (χ2v) is 5.74. The van der Waals surface area contributed by atoms with Crippen LogP contribution < -0.4 is 19.9 Å². The molecular weight excluding hydrogens is 298 g/mol. The summed E-state index contributed by atoms with van der Waals surface area (Å²) in [6.45, 7) is 3.98. The van der Waals surface area contributed by atoms with Gasteiger partial charge >= 0.3 is 16.3 Å². The minimum atomic E-state index is -4.04. The van der Waals surface area contributed by atoms with E-state index in [9.17, 15) is 13.2 Å². The average molecular weight is 317 g/mol. The zero-order chi connectivity index (χ0) is 15.9. The highest BCUT2D eigenvalue weighted by Gasteiger charge is 2.16. The lowest BCUT2D eigenvalue weighted by molar-refractivity contribution is 0.121. The molecule has 1 amide bonds. The van der Waals surface area contributed by atoms with Gasteiger partial charge in [0.1, 0.15) is 12.4 Å². The van der Waals surface area contributed by atoms with Gasteiger partial charge in [-0.2, -0.15) is 8.42 Å². The van der Waals surface area contributed by atoms with Gasteiger partial charge in [0.15, 0.2) is 0 Å². The van der Waals surface area contributed by atoms with Crippen LogP contribution in [0, 0.1) is 0 Å². The van der Waals surface area contributed by atoms with Gasteiger partial charge in [-0.1, -0.05) is 0 Å². The van der Waals surface area contributed by atoms with Gasteiger partial charge in [0.25, 0.3) is 0 Å². The molecule has 1 rings (SSSR count). The van der Waals surface area contributed by atoms with E-state index < -0.39 is 22.4 Å². The van der Waals surface area contributed by atoms with Crippen LogP contribution in [0.3, 0.4) is 0 Å². The standard InChI is InChI=1S/C12H19N3O5S/c1-9(2)20-12(16)15-21(17,18)14-10-3-5-11(6-4-10)19-8-7-13/h3-6,9,14H,7-8,13H2,1-2H3,(H,15,16). The van der Waals surface area contributed by atoms with E-state index in [0.717, 1.165) is 0 Å². The minimum Gasteiger partial charge on any atom is -0.492 e. The van der Waals surface area contributed by atoms with Crippen molar-refractivity contribution in [2.75, 3.05) is 17.9 Å². The van der Waals surface area contributed by atoms with Crippen LogP contribution in [-0.2, 0) is 14.9 Å². The number of benzene rings is 1. The molecule has 9 heteroatoms. The second-order valence-electron chi connectivity index (χ2n) is 4.32. The van der Waals surface area contributed by atoms with E-state index in [4.69, 9.17) is 10.5 Å². The first-order valence-corrected chi connectivity index (χ1v) is 7.75. The highest BCUT2D eigenvalue weighted by molar-refractivity contribution is 7.91. The maximum absolute atomic E-state index is 11.7. The maximum Gasteiger partial charge on any atom is 0.422 e. The Balaban J connectivity index is 2.60. The number of anilines is 1. The fourth-order valence-electron chi connectivity index (χ4n) is 1.32. The van der Waals surface area contributed by atoms with E-state index in [-0.39, 0.29) is 5.69 Å². The Morgan fingerprint density at radius 3 is 2.43 bits per heavy atom. The molecule has 0 radical (unpaired) electrons. The normalized spacial score (nSPS) is 11.0. The van der Waals surface area contributed by atoms with Gasteiger partial charge in [-0.3, -0.25) is 4.72 Å². The van der Waals surface area contributed by atoms with Crippen molar-refractivity contribution in [2.24, 2.45) is 5.73 Å². The van der Waals surface area contributed by atoms with E-state index in [1.165, 1.54) is 12.1 Å². The van der Waals surface area contributed by atoms with Crippen LogP contribution in [-0.4, -0.2) is 33.8 Å². The number of ether oxygens (including phenoxy) is 2. The summed E-state index contributed by atoms with van der Waals surface area (Å²) >= 11 is 0. The zero-order valence-corrected chi connectivity index (χ0v) is 12.6. The van der Waals surface area contributed by atoms with E-state index in [1.807, 2.05) is 0 Å². The van der Waals surface area contributed by atoms with E-state index >= 15 is 0 Å². The molecule has 4 N–H and O–H groups in total. The van der Waals surface area contributed by atoms with Gasteiger partial charge in [-0.25, -0.2) is 9.52 Å². The molecule has 0 unspecified atom stereocenters. The number of hydrogen-bond acceptors (Lipinski definition) is 6. The van der Waals surface area contributed by atoms with Gasteiger partial charge < -0.3 is 15.2 Å². The van der Waals surface area contributed by atoms with Crippen LogP contribution in [0.25, 0.3) is 0 Å². The number of carbonyl (C=O) groups excluding carboxylic acids is 1. The lowest BCUT2D eigenvalue weighted by Crippen LogP contribution is -2.36. The molecule has 0 aliphatic heterocycles. The molecule has 118 valence electrons. The Hall–Kier alpha value is -2.00. The average Bonchev–Trinajstić information content (AvgIpc) is 2.35. The van der Waals surface area contributed by atoms with Crippen molar-refractivity contribution in [1.29, 1.82) is 0 Å². The van der Waals surface area contributed by atoms with Crippen molar-refractivity contribution < 1.29 is 22.7 Å². The zero-order valence-electron chi connectivity index (χ0n) is 11.8. The van der Waals surface area contributed by atoms with Crippen molar-refractivity contribution in [3.63, 3.8) is 0 Å². The van der Waals surface area contributed by atoms with E-state index in [1.54, 1.807) is 30.7 Å². The summed E-state index contributed by atoms with van der Waals surface area (Å²) in [5, 5.41) is 0. The summed E-state index contributed by atoms with van der Waals surface area (Å²) in [5.74, 6) is 0.565. The summed E-state index contributed by atoms with van der Waals surface area (Å²) < 4.78 is 37.2. The number of rotatable bonds is 7. The molecule has 0 aliphatic carbocycles. The van der Waals surface area contributed by atoms with Crippen LogP contribution >= 0.6 is 0 Å². The molecule has 0 saturated carbocycles. The summed E-state index contributed by atoms with van der Waals surface area (Å²) in [5.41, 5.74) is 5.58. The largest absolute Gasteiger partial charge is 0.492 e. The quantitative estimate of drug-likeness (QED) is 0.684. The lowest BCUT2D eigenvalue weighted by Gasteiger charge is -2.12. The van der Waals surface area contributed by atoms with E-state index in [2.05, 4.69) is 9.46 Å². The molecule has 0 bridgehead atoms. The first kappa shape index (κ1) is 17.1. The molecule has 0 aliphatic rings. The molecule has 0 atom stereocenters. The van der Waals surface area contributed by atoms with Gasteiger partial charge in [-0.15, -0.1) is 0 Å². The topological polar surface area (TPSA) is 120 Å².